The van der Waals surface area contributed by atoms with Crippen molar-refractivity contribution in [1.29, 1.82) is 0 Å². The van der Waals surface area contributed by atoms with Gasteiger partial charge in [-0.05, 0) is 36.4 Å². The Morgan fingerprint density at radius 2 is 1.32 bits per heavy atom. The van der Waals surface area contributed by atoms with Crippen molar-refractivity contribution in [2.45, 2.75) is 18.0 Å². The number of nitrogens with zero attached hydrogens (tertiary/aromatic N) is 1. The van der Waals surface area contributed by atoms with Gasteiger partial charge in [-0.15, -0.1) is 0 Å². The third-order valence-corrected chi connectivity index (χ3v) is 3.04. The van der Waals surface area contributed by atoms with Crippen molar-refractivity contribution < 1.29 is 35.8 Å². The van der Waals surface area contributed by atoms with E-state index in [9.17, 15) is 35.8 Å². The molecule has 0 unspecified atom stereocenters. The SMILES string of the molecule is OC(c1cccn1-c1ccc(F)cc1)(C(F)(F)F)C(F)(F)F. The predicted molar refractivity (Wildman–Crippen MR) is 61.7 cm³/mol. The number of alkyl halides is 6. The summed E-state index contributed by atoms with van der Waals surface area (Å²) in [5.41, 5.74) is -6.63. The summed E-state index contributed by atoms with van der Waals surface area (Å²) in [6.07, 6.45) is -11.1. The van der Waals surface area contributed by atoms with Crippen LogP contribution in [0.2, 0.25) is 0 Å². The van der Waals surface area contributed by atoms with E-state index in [-0.39, 0.29) is 5.69 Å². The fraction of sp³-hybridized carbons (Fsp3) is 0.231. The van der Waals surface area contributed by atoms with E-state index >= 15 is 0 Å². The van der Waals surface area contributed by atoms with E-state index in [4.69, 9.17) is 0 Å². The first-order valence-electron chi connectivity index (χ1n) is 5.78. The Labute approximate surface area is 119 Å². The van der Waals surface area contributed by atoms with Gasteiger partial charge in [0, 0.05) is 11.9 Å². The standard InChI is InChI=1S/C13H8F7NO/c14-8-3-5-9(6-4-8)21-7-1-2-10(21)11(22,12(15,16)17)13(18,19)20/h1-7,22H. The first-order valence-corrected chi connectivity index (χ1v) is 5.78. The molecule has 1 aromatic heterocycles. The summed E-state index contributed by atoms with van der Waals surface area (Å²) in [6, 6.07) is 5.15. The number of halogens is 7. The highest BCUT2D eigenvalue weighted by Gasteiger charge is 2.72. The van der Waals surface area contributed by atoms with Gasteiger partial charge in [0.1, 0.15) is 5.82 Å². The molecule has 0 amide bonds. The monoisotopic (exact) mass is 327 g/mol. The zero-order valence-corrected chi connectivity index (χ0v) is 10.6. The Kier molecular flexibility index (Phi) is 3.72. The molecule has 1 heterocycles. The highest BCUT2D eigenvalue weighted by molar-refractivity contribution is 5.38. The van der Waals surface area contributed by atoms with Crippen LogP contribution in [0.4, 0.5) is 30.7 Å². The van der Waals surface area contributed by atoms with Gasteiger partial charge in [-0.2, -0.15) is 26.3 Å². The number of benzene rings is 1. The van der Waals surface area contributed by atoms with Crippen LogP contribution >= 0.6 is 0 Å². The lowest BCUT2D eigenvalue weighted by atomic mass is 9.98. The molecule has 22 heavy (non-hydrogen) atoms. The quantitative estimate of drug-likeness (QED) is 0.831. The van der Waals surface area contributed by atoms with Gasteiger partial charge in [0.15, 0.2) is 0 Å². The van der Waals surface area contributed by atoms with E-state index < -0.39 is 29.5 Å². The summed E-state index contributed by atoms with van der Waals surface area (Å²) in [5.74, 6) is -0.709. The Morgan fingerprint density at radius 1 is 0.818 bits per heavy atom. The normalized spacial score (nSPS) is 13.5. The van der Waals surface area contributed by atoms with Gasteiger partial charge in [0.2, 0.25) is 0 Å². The molecule has 9 heteroatoms. The van der Waals surface area contributed by atoms with Crippen LogP contribution in [0.5, 0.6) is 0 Å². The highest BCUT2D eigenvalue weighted by Crippen LogP contribution is 2.50. The van der Waals surface area contributed by atoms with E-state index in [0.29, 0.717) is 10.6 Å². The molecule has 0 aliphatic heterocycles. The lowest BCUT2D eigenvalue weighted by molar-refractivity contribution is -0.377. The summed E-state index contributed by atoms with van der Waals surface area (Å²) >= 11 is 0. The number of aliphatic hydroxyl groups is 1. The first kappa shape index (κ1) is 16.3. The van der Waals surface area contributed by atoms with Gasteiger partial charge >= 0.3 is 12.4 Å². The number of hydrogen-bond acceptors (Lipinski definition) is 1. The molecule has 0 saturated heterocycles. The van der Waals surface area contributed by atoms with Crippen LogP contribution in [0, 0.1) is 5.82 Å². The fourth-order valence-electron chi connectivity index (χ4n) is 1.95. The van der Waals surface area contributed by atoms with Crippen LogP contribution in [-0.2, 0) is 5.60 Å². The van der Waals surface area contributed by atoms with Crippen molar-refractivity contribution >= 4 is 0 Å². The predicted octanol–water partition coefficient (Wildman–Crippen LogP) is 3.93. The maximum absolute atomic E-state index is 12.9. The third kappa shape index (κ3) is 2.45. The second-order valence-corrected chi connectivity index (χ2v) is 4.45. The second kappa shape index (κ2) is 5.01. The molecule has 0 aliphatic carbocycles. The van der Waals surface area contributed by atoms with Crippen molar-refractivity contribution in [3.8, 4) is 5.69 Å². The summed E-state index contributed by atoms with van der Waals surface area (Å²) in [7, 11) is 0. The molecule has 120 valence electrons. The molecule has 0 saturated carbocycles. The van der Waals surface area contributed by atoms with Gasteiger partial charge in [0.25, 0.3) is 5.60 Å². The number of aromatic nitrogens is 1. The maximum Gasteiger partial charge on any atom is 0.432 e. The zero-order valence-electron chi connectivity index (χ0n) is 10.6. The Hall–Kier alpha value is -2.03. The molecule has 1 aromatic carbocycles. The van der Waals surface area contributed by atoms with Crippen LogP contribution in [0.3, 0.4) is 0 Å². The summed E-state index contributed by atoms with van der Waals surface area (Å²) < 4.78 is 90.6. The van der Waals surface area contributed by atoms with Gasteiger partial charge in [-0.3, -0.25) is 0 Å². The summed E-state index contributed by atoms with van der Waals surface area (Å²) in [4.78, 5) is 0. The first-order chi connectivity index (χ1) is 9.98. The molecule has 2 nitrogen and oxygen atoms in total. The maximum atomic E-state index is 12.9. The minimum Gasteiger partial charge on any atom is -0.368 e. The molecule has 0 radical (unpaired) electrons. The third-order valence-electron chi connectivity index (χ3n) is 3.04. The Balaban J connectivity index is 2.67. The van der Waals surface area contributed by atoms with Crippen LogP contribution < -0.4 is 0 Å². The molecule has 2 rings (SSSR count). The van der Waals surface area contributed by atoms with Gasteiger partial charge < -0.3 is 9.67 Å². The summed E-state index contributed by atoms with van der Waals surface area (Å²) in [5, 5.41) is 9.40. The minimum atomic E-state index is -5.98. The molecule has 0 aliphatic rings. The Bertz CT molecular complexity index is 640. The number of rotatable bonds is 2. The topological polar surface area (TPSA) is 25.2 Å². The van der Waals surface area contributed by atoms with Crippen LogP contribution in [0.25, 0.3) is 5.69 Å². The van der Waals surface area contributed by atoms with E-state index in [1.54, 1.807) is 0 Å². The fourth-order valence-corrected chi connectivity index (χ4v) is 1.95. The molecular weight excluding hydrogens is 319 g/mol. The molecule has 2 aromatic rings. The largest absolute Gasteiger partial charge is 0.432 e. The molecule has 1 N–H and O–H groups in total. The average molecular weight is 327 g/mol. The molecular formula is C13H8F7NO. The lowest BCUT2D eigenvalue weighted by Crippen LogP contribution is -2.54. The lowest BCUT2D eigenvalue weighted by Gasteiger charge is -2.33. The van der Waals surface area contributed by atoms with Crippen LogP contribution in [0.15, 0.2) is 42.6 Å². The zero-order chi connectivity index (χ0) is 16.8. The van der Waals surface area contributed by atoms with Gasteiger partial charge in [0.05, 0.1) is 5.69 Å². The van der Waals surface area contributed by atoms with Crippen molar-refractivity contribution in [3.63, 3.8) is 0 Å². The van der Waals surface area contributed by atoms with Crippen molar-refractivity contribution in [3.05, 3.63) is 54.1 Å². The highest BCUT2D eigenvalue weighted by atomic mass is 19.4. The smallest absolute Gasteiger partial charge is 0.368 e. The van der Waals surface area contributed by atoms with E-state index in [0.717, 1.165) is 36.5 Å². The van der Waals surface area contributed by atoms with E-state index in [2.05, 4.69) is 0 Å². The molecule has 0 fully saturated rings. The van der Waals surface area contributed by atoms with Crippen LogP contribution in [0.1, 0.15) is 5.69 Å². The van der Waals surface area contributed by atoms with Crippen molar-refractivity contribution in [2.75, 3.05) is 0 Å². The van der Waals surface area contributed by atoms with Crippen molar-refractivity contribution in [1.82, 2.24) is 4.57 Å². The molecule has 0 bridgehead atoms. The van der Waals surface area contributed by atoms with Crippen LogP contribution in [-0.4, -0.2) is 22.0 Å². The second-order valence-electron chi connectivity index (χ2n) is 4.45. The van der Waals surface area contributed by atoms with E-state index in [1.807, 2.05) is 0 Å². The summed E-state index contributed by atoms with van der Waals surface area (Å²) in [6.45, 7) is 0. The van der Waals surface area contributed by atoms with Gasteiger partial charge in [-0.1, -0.05) is 0 Å². The van der Waals surface area contributed by atoms with Crippen molar-refractivity contribution in [2.24, 2.45) is 0 Å². The molecule has 0 spiro atoms. The Morgan fingerprint density at radius 3 is 1.77 bits per heavy atom. The molecule has 0 atom stereocenters. The van der Waals surface area contributed by atoms with Gasteiger partial charge in [-0.25, -0.2) is 4.39 Å². The number of hydrogen-bond donors (Lipinski definition) is 1. The van der Waals surface area contributed by atoms with E-state index in [1.165, 1.54) is 0 Å². The minimum absolute atomic E-state index is 0.159. The average Bonchev–Trinajstić information content (AvgIpc) is 2.85.